The number of carbonyl (C=O) groups is 2. The molecule has 2 aromatic rings. The number of rotatable bonds is 3. The molecule has 0 atom stereocenters. The zero-order chi connectivity index (χ0) is 21.5. The molecular formula is C22H29N3O4. The van der Waals surface area contributed by atoms with Crippen LogP contribution in [0.4, 0.5) is 4.79 Å². The summed E-state index contributed by atoms with van der Waals surface area (Å²) in [6.45, 7) is 12.3. The summed E-state index contributed by atoms with van der Waals surface area (Å²) in [5, 5.41) is 14.1. The standard InChI is InChI=1S/C22H29N3O4/c1-13(2)15-7-8-17(14(3)11-15)25-18-9-10-24(21(28)29-22(4,5)6)12-16(18)19(23-25)20(26)27/h7-8,11,13H,9-10,12H2,1-6H3,(H,26,27). The highest BCUT2D eigenvalue weighted by Crippen LogP contribution is 2.29. The Morgan fingerprint density at radius 3 is 2.48 bits per heavy atom. The lowest BCUT2D eigenvalue weighted by Crippen LogP contribution is -2.40. The van der Waals surface area contributed by atoms with Gasteiger partial charge in [0.2, 0.25) is 0 Å². The molecule has 0 spiro atoms. The zero-order valence-electron chi connectivity index (χ0n) is 17.9. The Kier molecular flexibility index (Phi) is 5.43. The van der Waals surface area contributed by atoms with E-state index in [0.29, 0.717) is 24.4 Å². The SMILES string of the molecule is Cc1cc(C(C)C)ccc1-n1nc(C(=O)O)c2c1CCN(C(=O)OC(C)(C)C)C2. The molecule has 156 valence electrons. The first kappa shape index (κ1) is 20.9. The summed E-state index contributed by atoms with van der Waals surface area (Å²) in [6, 6.07) is 6.16. The lowest BCUT2D eigenvalue weighted by molar-refractivity contribution is 0.0221. The summed E-state index contributed by atoms with van der Waals surface area (Å²) in [5.74, 6) is -0.686. The fourth-order valence-corrected chi connectivity index (χ4v) is 3.55. The molecule has 1 N–H and O–H groups in total. The second-order valence-corrected chi connectivity index (χ2v) is 8.84. The number of hydrogen-bond acceptors (Lipinski definition) is 4. The third kappa shape index (κ3) is 4.28. The highest BCUT2D eigenvalue weighted by molar-refractivity contribution is 5.88. The third-order valence-corrected chi connectivity index (χ3v) is 5.03. The van der Waals surface area contributed by atoms with Crippen molar-refractivity contribution in [1.82, 2.24) is 14.7 Å². The lowest BCUT2D eigenvalue weighted by atomic mass is 10.00. The Balaban J connectivity index is 2.00. The highest BCUT2D eigenvalue weighted by atomic mass is 16.6. The quantitative estimate of drug-likeness (QED) is 0.832. The Bertz CT molecular complexity index is 954. The summed E-state index contributed by atoms with van der Waals surface area (Å²) >= 11 is 0. The molecule has 1 aliphatic rings. The van der Waals surface area contributed by atoms with Gasteiger partial charge in [-0.1, -0.05) is 26.0 Å². The van der Waals surface area contributed by atoms with Crippen molar-refractivity contribution >= 4 is 12.1 Å². The number of benzene rings is 1. The monoisotopic (exact) mass is 399 g/mol. The number of carboxylic acid groups (broad SMARTS) is 1. The first-order chi connectivity index (χ1) is 13.5. The van der Waals surface area contributed by atoms with E-state index in [1.807, 2.05) is 33.8 Å². The van der Waals surface area contributed by atoms with E-state index in [1.54, 1.807) is 9.58 Å². The fraction of sp³-hybridized carbons (Fsp3) is 0.500. The molecule has 0 saturated heterocycles. The van der Waals surface area contributed by atoms with Crippen LogP contribution < -0.4 is 0 Å². The van der Waals surface area contributed by atoms with Crippen LogP contribution in [-0.2, 0) is 17.7 Å². The van der Waals surface area contributed by atoms with Crippen LogP contribution in [0.5, 0.6) is 0 Å². The number of ether oxygens (including phenoxy) is 1. The van der Waals surface area contributed by atoms with E-state index in [-0.39, 0.29) is 12.2 Å². The molecule has 1 aromatic carbocycles. The van der Waals surface area contributed by atoms with Gasteiger partial charge < -0.3 is 14.7 Å². The van der Waals surface area contributed by atoms with Crippen molar-refractivity contribution in [2.24, 2.45) is 0 Å². The largest absolute Gasteiger partial charge is 0.476 e. The number of amides is 1. The fourth-order valence-electron chi connectivity index (χ4n) is 3.55. The van der Waals surface area contributed by atoms with Crippen molar-refractivity contribution in [2.75, 3.05) is 6.54 Å². The number of aromatic nitrogens is 2. The molecule has 3 rings (SSSR count). The second kappa shape index (κ2) is 7.54. The van der Waals surface area contributed by atoms with Gasteiger partial charge in [0.15, 0.2) is 5.69 Å². The molecule has 7 nitrogen and oxygen atoms in total. The predicted octanol–water partition coefficient (Wildman–Crippen LogP) is 4.30. The van der Waals surface area contributed by atoms with Crippen molar-refractivity contribution in [3.8, 4) is 5.69 Å². The van der Waals surface area contributed by atoms with Crippen LogP contribution >= 0.6 is 0 Å². The van der Waals surface area contributed by atoms with Crippen molar-refractivity contribution in [3.63, 3.8) is 0 Å². The maximum atomic E-state index is 12.5. The number of nitrogens with zero attached hydrogens (tertiary/aromatic N) is 3. The third-order valence-electron chi connectivity index (χ3n) is 5.03. The van der Waals surface area contributed by atoms with Gasteiger partial charge in [-0.15, -0.1) is 0 Å². The molecule has 1 amide bonds. The van der Waals surface area contributed by atoms with Crippen molar-refractivity contribution in [2.45, 2.75) is 66.0 Å². The van der Waals surface area contributed by atoms with Gasteiger partial charge in [-0.2, -0.15) is 5.10 Å². The van der Waals surface area contributed by atoms with E-state index >= 15 is 0 Å². The normalized spacial score (nSPS) is 14.1. The molecule has 0 fully saturated rings. The Morgan fingerprint density at radius 2 is 1.93 bits per heavy atom. The second-order valence-electron chi connectivity index (χ2n) is 8.84. The average Bonchev–Trinajstić information content (AvgIpc) is 2.99. The van der Waals surface area contributed by atoms with E-state index in [4.69, 9.17) is 4.74 Å². The van der Waals surface area contributed by atoms with Crippen LogP contribution in [0.15, 0.2) is 18.2 Å². The minimum Gasteiger partial charge on any atom is -0.476 e. The molecule has 1 aliphatic heterocycles. The maximum absolute atomic E-state index is 12.5. The molecule has 2 heterocycles. The van der Waals surface area contributed by atoms with E-state index in [2.05, 4.69) is 31.1 Å². The molecule has 0 radical (unpaired) electrons. The first-order valence-electron chi connectivity index (χ1n) is 9.91. The van der Waals surface area contributed by atoms with Crippen LogP contribution in [0, 0.1) is 6.92 Å². The average molecular weight is 399 g/mol. The van der Waals surface area contributed by atoms with Gasteiger partial charge in [0, 0.05) is 18.5 Å². The Labute approximate surface area is 171 Å². The van der Waals surface area contributed by atoms with E-state index in [9.17, 15) is 14.7 Å². The number of carboxylic acids is 1. The van der Waals surface area contributed by atoms with Crippen molar-refractivity contribution in [3.05, 3.63) is 46.3 Å². The van der Waals surface area contributed by atoms with Gasteiger partial charge in [-0.05, 0) is 50.8 Å². The predicted molar refractivity (Wildman–Crippen MR) is 110 cm³/mol. The minimum atomic E-state index is -1.09. The van der Waals surface area contributed by atoms with Crippen LogP contribution in [-0.4, -0.2) is 44.0 Å². The summed E-state index contributed by atoms with van der Waals surface area (Å²) in [5.41, 5.74) is 3.91. The molecule has 0 bridgehead atoms. The molecule has 0 saturated carbocycles. The van der Waals surface area contributed by atoms with E-state index in [0.717, 1.165) is 16.9 Å². The van der Waals surface area contributed by atoms with Gasteiger partial charge in [0.05, 0.1) is 17.9 Å². The van der Waals surface area contributed by atoms with Gasteiger partial charge in [0.25, 0.3) is 0 Å². The summed E-state index contributed by atoms with van der Waals surface area (Å²) in [4.78, 5) is 25.8. The number of aromatic carboxylic acids is 1. The van der Waals surface area contributed by atoms with Gasteiger partial charge in [-0.3, -0.25) is 0 Å². The van der Waals surface area contributed by atoms with Gasteiger partial charge in [-0.25, -0.2) is 14.3 Å². The summed E-state index contributed by atoms with van der Waals surface area (Å²) < 4.78 is 7.18. The molecule has 1 aromatic heterocycles. The minimum absolute atomic E-state index is 0.0133. The summed E-state index contributed by atoms with van der Waals surface area (Å²) in [7, 11) is 0. The number of fused-ring (bicyclic) bond motifs is 1. The van der Waals surface area contributed by atoms with Crippen molar-refractivity contribution < 1.29 is 19.4 Å². The van der Waals surface area contributed by atoms with Gasteiger partial charge >= 0.3 is 12.1 Å². The Morgan fingerprint density at radius 1 is 1.24 bits per heavy atom. The van der Waals surface area contributed by atoms with Crippen LogP contribution in [0.2, 0.25) is 0 Å². The number of aryl methyl sites for hydroxylation is 1. The molecule has 0 aliphatic carbocycles. The van der Waals surface area contributed by atoms with E-state index < -0.39 is 17.7 Å². The number of hydrogen-bond donors (Lipinski definition) is 1. The smallest absolute Gasteiger partial charge is 0.410 e. The summed E-state index contributed by atoms with van der Waals surface area (Å²) in [6.07, 6.45) is 0.0740. The van der Waals surface area contributed by atoms with Crippen molar-refractivity contribution in [1.29, 1.82) is 0 Å². The van der Waals surface area contributed by atoms with Crippen LogP contribution in [0.1, 0.15) is 73.4 Å². The maximum Gasteiger partial charge on any atom is 0.410 e. The van der Waals surface area contributed by atoms with Crippen LogP contribution in [0.3, 0.4) is 0 Å². The Hall–Kier alpha value is -2.83. The highest BCUT2D eigenvalue weighted by Gasteiger charge is 2.32. The topological polar surface area (TPSA) is 84.7 Å². The van der Waals surface area contributed by atoms with E-state index in [1.165, 1.54) is 5.56 Å². The zero-order valence-corrected chi connectivity index (χ0v) is 17.9. The lowest BCUT2D eigenvalue weighted by Gasteiger charge is -2.30. The molecule has 29 heavy (non-hydrogen) atoms. The first-order valence-corrected chi connectivity index (χ1v) is 9.91. The molecule has 7 heteroatoms. The van der Waals surface area contributed by atoms with Crippen LogP contribution in [0.25, 0.3) is 5.69 Å². The number of carbonyl (C=O) groups excluding carboxylic acids is 1. The van der Waals surface area contributed by atoms with Gasteiger partial charge in [0.1, 0.15) is 5.60 Å². The molecule has 0 unspecified atom stereocenters. The molecular weight excluding hydrogens is 370 g/mol.